The van der Waals surface area contributed by atoms with E-state index in [0.717, 1.165) is 14.2 Å². The van der Waals surface area contributed by atoms with Gasteiger partial charge in [0.1, 0.15) is 0 Å². The van der Waals surface area contributed by atoms with Gasteiger partial charge in [-0.1, -0.05) is 0 Å². The Morgan fingerprint density at radius 3 is 2.24 bits per heavy atom. The first-order valence-electron chi connectivity index (χ1n) is 4.64. The highest BCUT2D eigenvalue weighted by atomic mass is 17.0. The summed E-state index contributed by atoms with van der Waals surface area (Å²) >= 11 is 0. The molecule has 0 aromatic carbocycles. The van der Waals surface area contributed by atoms with Gasteiger partial charge in [-0.05, 0) is 5.23 Å². The molecule has 8 heteroatoms. The fraction of sp³-hybridized carbons (Fsp3) is 0.667. The van der Waals surface area contributed by atoms with Crippen molar-refractivity contribution in [1.82, 2.24) is 5.23 Å². The summed E-state index contributed by atoms with van der Waals surface area (Å²) in [5.74, 6) is -1.83. The van der Waals surface area contributed by atoms with Crippen molar-refractivity contribution in [2.24, 2.45) is 0 Å². The van der Waals surface area contributed by atoms with Crippen LogP contribution < -0.4 is 0 Å². The van der Waals surface area contributed by atoms with Crippen molar-refractivity contribution in [3.05, 3.63) is 0 Å². The summed E-state index contributed by atoms with van der Waals surface area (Å²) in [5, 5.41) is 9.40. The highest BCUT2D eigenvalue weighted by Crippen LogP contribution is 2.34. The van der Waals surface area contributed by atoms with E-state index >= 15 is 0 Å². The molecule has 0 saturated carbocycles. The van der Waals surface area contributed by atoms with E-state index in [1.165, 1.54) is 7.11 Å². The van der Waals surface area contributed by atoms with Crippen molar-refractivity contribution in [2.75, 3.05) is 21.3 Å². The first-order valence-corrected chi connectivity index (χ1v) is 4.64. The zero-order valence-corrected chi connectivity index (χ0v) is 9.63. The topological polar surface area (TPSA) is 98.1 Å². The summed E-state index contributed by atoms with van der Waals surface area (Å²) in [7, 11) is 3.42. The fourth-order valence-electron chi connectivity index (χ4n) is 1.59. The van der Waals surface area contributed by atoms with Crippen molar-refractivity contribution < 1.29 is 28.7 Å². The lowest BCUT2D eigenvalue weighted by atomic mass is 9.94. The van der Waals surface area contributed by atoms with Crippen LogP contribution in [0.25, 0.3) is 0 Å². The molecule has 17 heavy (non-hydrogen) atoms. The lowest BCUT2D eigenvalue weighted by Crippen LogP contribution is -2.56. The summed E-state index contributed by atoms with van der Waals surface area (Å²) < 4.78 is 9.07. The van der Waals surface area contributed by atoms with Crippen molar-refractivity contribution in [1.29, 1.82) is 5.26 Å². The van der Waals surface area contributed by atoms with Crippen molar-refractivity contribution in [3.8, 4) is 6.07 Å². The average Bonchev–Trinajstić information content (AvgIpc) is 2.76. The first-order chi connectivity index (χ1) is 8.06. The van der Waals surface area contributed by atoms with Gasteiger partial charge >= 0.3 is 11.9 Å². The molecular formula is C9H12N2O6. The SMILES string of the molecule is COC(=O)C1(C(=O)OC)CC(C#N)ON1OC. The predicted octanol–water partition coefficient (Wildman–Crippen LogP) is -0.838. The summed E-state index contributed by atoms with van der Waals surface area (Å²) in [6.07, 6.45) is -1.22. The second-order valence-electron chi connectivity index (χ2n) is 3.21. The number of methoxy groups -OCH3 is 2. The zero-order chi connectivity index (χ0) is 13.1. The van der Waals surface area contributed by atoms with Crippen molar-refractivity contribution >= 4 is 11.9 Å². The van der Waals surface area contributed by atoms with Crippen LogP contribution in [0.1, 0.15) is 6.42 Å². The van der Waals surface area contributed by atoms with Gasteiger partial charge in [-0.3, -0.25) is 9.68 Å². The largest absolute Gasteiger partial charge is 0.467 e. The van der Waals surface area contributed by atoms with E-state index in [4.69, 9.17) is 14.9 Å². The van der Waals surface area contributed by atoms with E-state index < -0.39 is 23.6 Å². The van der Waals surface area contributed by atoms with Gasteiger partial charge in [-0.25, -0.2) is 9.59 Å². The minimum atomic E-state index is -1.90. The van der Waals surface area contributed by atoms with Crippen molar-refractivity contribution in [3.63, 3.8) is 0 Å². The van der Waals surface area contributed by atoms with E-state index in [9.17, 15) is 9.59 Å². The molecule has 8 nitrogen and oxygen atoms in total. The normalized spacial score (nSPS) is 22.8. The second-order valence-corrected chi connectivity index (χ2v) is 3.21. The molecule has 1 aliphatic heterocycles. The number of ether oxygens (including phenoxy) is 2. The van der Waals surface area contributed by atoms with E-state index in [1.807, 2.05) is 0 Å². The maximum atomic E-state index is 11.7. The lowest BCUT2D eigenvalue weighted by Gasteiger charge is -2.27. The zero-order valence-electron chi connectivity index (χ0n) is 9.63. The number of hydrogen-bond acceptors (Lipinski definition) is 8. The molecule has 0 amide bonds. The summed E-state index contributed by atoms with van der Waals surface area (Å²) in [6.45, 7) is 0. The Labute approximate surface area is 97.5 Å². The van der Waals surface area contributed by atoms with E-state index in [1.54, 1.807) is 6.07 Å². The van der Waals surface area contributed by atoms with Gasteiger partial charge in [0.25, 0.3) is 5.54 Å². The second kappa shape index (κ2) is 5.09. The standard InChI is InChI=1S/C9H12N2O6/c1-14-7(12)9(8(13)15-2)4-6(5-10)17-11(9)16-3/h6H,4H2,1-3H3. The van der Waals surface area contributed by atoms with Crippen LogP contribution in [0.2, 0.25) is 0 Å². The number of nitriles is 1. The van der Waals surface area contributed by atoms with Crippen LogP contribution in [-0.4, -0.2) is 50.1 Å². The average molecular weight is 244 g/mol. The third-order valence-corrected chi connectivity index (χ3v) is 2.37. The number of carbonyl (C=O) groups excluding carboxylic acids is 2. The molecule has 1 heterocycles. The Kier molecular flexibility index (Phi) is 4.01. The third-order valence-electron chi connectivity index (χ3n) is 2.37. The molecule has 1 fully saturated rings. The molecule has 94 valence electrons. The number of hydrogen-bond donors (Lipinski definition) is 0. The number of esters is 2. The van der Waals surface area contributed by atoms with Crippen LogP contribution in [0, 0.1) is 11.3 Å². The van der Waals surface area contributed by atoms with Gasteiger partial charge in [0, 0.05) is 6.42 Å². The molecule has 1 saturated heterocycles. The number of rotatable bonds is 3. The maximum Gasteiger partial charge on any atom is 0.343 e. The van der Waals surface area contributed by atoms with Gasteiger partial charge in [-0.2, -0.15) is 5.26 Å². The van der Waals surface area contributed by atoms with Crippen molar-refractivity contribution in [2.45, 2.75) is 18.1 Å². The number of carbonyl (C=O) groups is 2. The van der Waals surface area contributed by atoms with Gasteiger partial charge in [0.05, 0.1) is 27.4 Å². The van der Waals surface area contributed by atoms with E-state index in [2.05, 4.69) is 9.47 Å². The Morgan fingerprint density at radius 2 is 1.88 bits per heavy atom. The predicted molar refractivity (Wildman–Crippen MR) is 50.7 cm³/mol. The minimum Gasteiger partial charge on any atom is -0.467 e. The van der Waals surface area contributed by atoms with Crippen LogP contribution in [0.3, 0.4) is 0 Å². The third kappa shape index (κ3) is 1.95. The summed E-state index contributed by atoms with van der Waals surface area (Å²) in [5.41, 5.74) is -1.90. The molecule has 0 aliphatic carbocycles. The highest BCUT2D eigenvalue weighted by molar-refractivity contribution is 6.04. The van der Waals surface area contributed by atoms with Gasteiger partial charge < -0.3 is 9.47 Å². The Balaban J connectivity index is 3.17. The molecule has 0 aromatic rings. The molecule has 1 unspecified atom stereocenters. The van der Waals surface area contributed by atoms with Crippen LogP contribution >= 0.6 is 0 Å². The molecular weight excluding hydrogens is 232 g/mol. The molecule has 0 radical (unpaired) electrons. The Hall–Kier alpha value is -1.69. The summed E-state index contributed by atoms with van der Waals surface area (Å²) in [4.78, 5) is 33.2. The molecule has 0 aromatic heterocycles. The van der Waals surface area contributed by atoms with Crippen LogP contribution in [0.5, 0.6) is 0 Å². The molecule has 0 bridgehead atoms. The Bertz CT molecular complexity index is 347. The lowest BCUT2D eigenvalue weighted by molar-refractivity contribution is -0.365. The van der Waals surface area contributed by atoms with E-state index in [-0.39, 0.29) is 6.42 Å². The monoisotopic (exact) mass is 244 g/mol. The van der Waals surface area contributed by atoms with Gasteiger partial charge in [-0.15, -0.1) is 0 Å². The fourth-order valence-corrected chi connectivity index (χ4v) is 1.59. The molecule has 0 N–H and O–H groups in total. The number of nitrogens with zero attached hydrogens (tertiary/aromatic N) is 2. The summed E-state index contributed by atoms with van der Waals surface area (Å²) in [6, 6.07) is 1.78. The van der Waals surface area contributed by atoms with Gasteiger partial charge in [0.2, 0.25) is 0 Å². The first kappa shape index (κ1) is 13.4. The van der Waals surface area contributed by atoms with Gasteiger partial charge in [0.15, 0.2) is 6.10 Å². The quantitative estimate of drug-likeness (QED) is 0.468. The van der Waals surface area contributed by atoms with Crippen LogP contribution in [-0.2, 0) is 28.7 Å². The molecule has 1 atom stereocenters. The number of hydroxylamine groups is 2. The smallest absolute Gasteiger partial charge is 0.343 e. The van der Waals surface area contributed by atoms with E-state index in [0.29, 0.717) is 5.23 Å². The minimum absolute atomic E-state index is 0.226. The molecule has 0 spiro atoms. The molecule has 1 rings (SSSR count). The Morgan fingerprint density at radius 1 is 1.35 bits per heavy atom. The van der Waals surface area contributed by atoms with Crippen LogP contribution in [0.15, 0.2) is 0 Å². The highest BCUT2D eigenvalue weighted by Gasteiger charge is 2.62. The molecule has 1 aliphatic rings. The maximum absolute atomic E-state index is 11.7. The van der Waals surface area contributed by atoms with Crippen LogP contribution in [0.4, 0.5) is 0 Å².